The van der Waals surface area contributed by atoms with Gasteiger partial charge in [-0.1, -0.05) is 51.2 Å². The first kappa shape index (κ1) is 13.9. The van der Waals surface area contributed by atoms with Crippen LogP contribution in [0.5, 0.6) is 0 Å². The Kier molecular flexibility index (Phi) is 4.69. The van der Waals surface area contributed by atoms with Crippen LogP contribution < -0.4 is 0 Å². The number of hydrogen-bond acceptors (Lipinski definition) is 1. The quantitative estimate of drug-likeness (QED) is 0.591. The fraction of sp³-hybridized carbons (Fsp3) is 0.571. The van der Waals surface area contributed by atoms with Gasteiger partial charge in [-0.25, -0.2) is 0 Å². The van der Waals surface area contributed by atoms with Crippen molar-refractivity contribution in [1.82, 2.24) is 0 Å². The first-order chi connectivity index (χ1) is 7.37. The Morgan fingerprint density at radius 1 is 1.00 bits per heavy atom. The molecule has 0 nitrogen and oxygen atoms in total. The molecule has 0 radical (unpaired) electrons. The third-order valence-electron chi connectivity index (χ3n) is 2.82. The molecule has 1 aromatic rings. The average Bonchev–Trinajstić information content (AvgIpc) is 2.18. The van der Waals surface area contributed by atoms with Crippen LogP contribution in [0.4, 0.5) is 0 Å². The summed E-state index contributed by atoms with van der Waals surface area (Å²) in [6.07, 6.45) is 2.18. The van der Waals surface area contributed by atoms with Crippen LogP contribution in [-0.4, -0.2) is 8.07 Å². The number of aryl methyl sites for hydroxylation is 2. The van der Waals surface area contributed by atoms with Gasteiger partial charge in [-0.05, 0) is 30.0 Å². The van der Waals surface area contributed by atoms with Gasteiger partial charge in [-0.15, -0.1) is 12.6 Å². The third kappa shape index (κ3) is 3.67. The molecule has 90 valence electrons. The van der Waals surface area contributed by atoms with Crippen LogP contribution in [0.25, 0.3) is 0 Å². The maximum Gasteiger partial charge on any atom is 0.0487 e. The predicted molar refractivity (Wildman–Crippen MR) is 79.5 cm³/mol. The van der Waals surface area contributed by atoms with Gasteiger partial charge >= 0.3 is 0 Å². The first-order valence-electron chi connectivity index (χ1n) is 6.21. The van der Waals surface area contributed by atoms with E-state index >= 15 is 0 Å². The molecule has 1 rings (SSSR count). The zero-order valence-corrected chi connectivity index (χ0v) is 13.1. The van der Waals surface area contributed by atoms with Crippen LogP contribution in [0.15, 0.2) is 17.0 Å². The Labute approximate surface area is 107 Å². The molecule has 0 saturated carbocycles. The van der Waals surface area contributed by atoms with Gasteiger partial charge in [0.05, 0.1) is 0 Å². The van der Waals surface area contributed by atoms with E-state index in [0.29, 0.717) is 0 Å². The van der Waals surface area contributed by atoms with Crippen LogP contribution >= 0.6 is 12.6 Å². The van der Waals surface area contributed by atoms with Gasteiger partial charge in [0.2, 0.25) is 0 Å². The third-order valence-corrected chi connectivity index (χ3v) is 4.87. The van der Waals surface area contributed by atoms with E-state index in [0.717, 1.165) is 12.8 Å². The van der Waals surface area contributed by atoms with Gasteiger partial charge in [0.1, 0.15) is 0 Å². The molecule has 16 heavy (non-hydrogen) atoms. The number of hydrogen-bond donors (Lipinski definition) is 1. The highest BCUT2D eigenvalue weighted by Crippen LogP contribution is 2.24. The second-order valence-electron chi connectivity index (χ2n) is 5.71. The summed E-state index contributed by atoms with van der Waals surface area (Å²) in [5.41, 5.74) is 4.34. The van der Waals surface area contributed by atoms with Crippen LogP contribution in [0.3, 0.4) is 0 Å². The van der Waals surface area contributed by atoms with Crippen molar-refractivity contribution in [2.45, 2.75) is 57.3 Å². The second kappa shape index (κ2) is 5.41. The molecule has 0 aliphatic heterocycles. The van der Waals surface area contributed by atoms with Crippen molar-refractivity contribution in [2.24, 2.45) is 0 Å². The molecule has 1 aromatic carbocycles. The summed E-state index contributed by atoms with van der Waals surface area (Å²) in [4.78, 5) is 1.21. The van der Waals surface area contributed by atoms with Crippen LogP contribution in [0.2, 0.25) is 19.6 Å². The van der Waals surface area contributed by atoms with E-state index in [-0.39, 0.29) is 0 Å². The molecule has 0 atom stereocenters. The van der Waals surface area contributed by atoms with E-state index in [2.05, 4.69) is 58.3 Å². The molecule has 0 bridgehead atoms. The minimum Gasteiger partial charge on any atom is -0.143 e. The summed E-state index contributed by atoms with van der Waals surface area (Å²) in [6, 6.07) is 6.00. The van der Waals surface area contributed by atoms with Crippen molar-refractivity contribution >= 4 is 20.7 Å². The van der Waals surface area contributed by atoms with Gasteiger partial charge in [0.25, 0.3) is 0 Å². The predicted octanol–water partition coefficient (Wildman–Crippen LogP) is 4.52. The molecule has 0 unspecified atom stereocenters. The molecule has 0 aliphatic rings. The Morgan fingerprint density at radius 2 is 1.44 bits per heavy atom. The molecule has 0 fully saturated rings. The van der Waals surface area contributed by atoms with Crippen molar-refractivity contribution in [1.29, 1.82) is 0 Å². The van der Waals surface area contributed by atoms with Crippen molar-refractivity contribution < 1.29 is 0 Å². The van der Waals surface area contributed by atoms with Gasteiger partial charge in [-0.2, -0.15) is 0 Å². The summed E-state index contributed by atoms with van der Waals surface area (Å²) < 4.78 is 0. The molecular weight excluding hydrogens is 228 g/mol. The standard InChI is InChI=1S/C14H24SSi/c1-6-12-8-11(10-16(3,4)5)9-13(7-2)14(12)15/h8-9,15H,6-7,10H2,1-5H3. The Bertz CT molecular complexity index is 338. The second-order valence-corrected chi connectivity index (χ2v) is 11.6. The number of benzene rings is 1. The summed E-state index contributed by atoms with van der Waals surface area (Å²) in [5, 5.41) is 0. The lowest BCUT2D eigenvalue weighted by molar-refractivity contribution is 0.997. The van der Waals surface area contributed by atoms with Crippen LogP contribution in [0, 0.1) is 0 Å². The highest BCUT2D eigenvalue weighted by molar-refractivity contribution is 7.80. The summed E-state index contributed by atoms with van der Waals surface area (Å²) in [5.74, 6) is 0. The van der Waals surface area contributed by atoms with E-state index in [1.165, 1.54) is 27.6 Å². The smallest absolute Gasteiger partial charge is 0.0487 e. The SMILES string of the molecule is CCc1cc(C[Si](C)(C)C)cc(CC)c1S. The normalized spacial score (nSPS) is 11.9. The Hall–Kier alpha value is -0.213. The molecule has 2 heteroatoms. The van der Waals surface area contributed by atoms with Gasteiger partial charge in [0.15, 0.2) is 0 Å². The summed E-state index contributed by atoms with van der Waals surface area (Å²) >= 11 is 4.64. The highest BCUT2D eigenvalue weighted by Gasteiger charge is 2.15. The molecule has 0 amide bonds. The van der Waals surface area contributed by atoms with Gasteiger partial charge in [0, 0.05) is 13.0 Å². The highest BCUT2D eigenvalue weighted by atomic mass is 32.1. The molecule has 0 heterocycles. The Balaban J connectivity index is 3.12. The van der Waals surface area contributed by atoms with Crippen LogP contribution in [0.1, 0.15) is 30.5 Å². The zero-order chi connectivity index (χ0) is 12.3. The summed E-state index contributed by atoms with van der Waals surface area (Å²) in [7, 11) is -1.01. The van der Waals surface area contributed by atoms with E-state index in [9.17, 15) is 0 Å². The van der Waals surface area contributed by atoms with Crippen molar-refractivity contribution in [3.8, 4) is 0 Å². The van der Waals surface area contributed by atoms with E-state index < -0.39 is 8.07 Å². The zero-order valence-electron chi connectivity index (χ0n) is 11.2. The maximum atomic E-state index is 4.64. The lowest BCUT2D eigenvalue weighted by Gasteiger charge is -2.18. The number of rotatable bonds is 4. The van der Waals surface area contributed by atoms with Crippen molar-refractivity contribution in [3.63, 3.8) is 0 Å². The fourth-order valence-corrected chi connectivity index (χ4v) is 3.96. The molecular formula is C14H24SSi. The fourth-order valence-electron chi connectivity index (χ4n) is 2.09. The van der Waals surface area contributed by atoms with Crippen molar-refractivity contribution in [3.05, 3.63) is 28.8 Å². The minimum absolute atomic E-state index is 1.01. The molecule has 0 aliphatic carbocycles. The minimum atomic E-state index is -1.01. The molecule has 0 aromatic heterocycles. The summed E-state index contributed by atoms with van der Waals surface area (Å²) in [6.45, 7) is 11.7. The van der Waals surface area contributed by atoms with E-state index in [4.69, 9.17) is 0 Å². The molecule has 0 spiro atoms. The topological polar surface area (TPSA) is 0 Å². The van der Waals surface area contributed by atoms with Crippen LogP contribution in [-0.2, 0) is 18.9 Å². The maximum absolute atomic E-state index is 4.64. The van der Waals surface area contributed by atoms with E-state index in [1.807, 2.05) is 0 Å². The first-order valence-corrected chi connectivity index (χ1v) is 10.4. The van der Waals surface area contributed by atoms with Gasteiger partial charge in [-0.3, -0.25) is 0 Å². The monoisotopic (exact) mass is 252 g/mol. The molecule has 0 N–H and O–H groups in total. The lowest BCUT2D eigenvalue weighted by Crippen LogP contribution is -2.24. The largest absolute Gasteiger partial charge is 0.143 e. The Morgan fingerprint density at radius 3 is 1.75 bits per heavy atom. The lowest BCUT2D eigenvalue weighted by atomic mass is 10.0. The van der Waals surface area contributed by atoms with Gasteiger partial charge < -0.3 is 0 Å². The molecule has 0 saturated heterocycles. The number of thiol groups is 1. The van der Waals surface area contributed by atoms with Crippen molar-refractivity contribution in [2.75, 3.05) is 0 Å². The van der Waals surface area contributed by atoms with E-state index in [1.54, 1.807) is 0 Å². The average molecular weight is 252 g/mol.